The minimum absolute atomic E-state index is 0.134. The van der Waals surface area contributed by atoms with Gasteiger partial charge in [0, 0.05) is 12.8 Å². The van der Waals surface area contributed by atoms with Crippen LogP contribution in [-0.2, 0) is 16.1 Å². The molecular formula is C14H18O2. The molecule has 0 N–H and O–H groups in total. The second kappa shape index (κ2) is 5.80. The molecule has 0 amide bonds. The second-order valence-corrected chi connectivity index (χ2v) is 4.41. The topological polar surface area (TPSA) is 26.3 Å². The summed E-state index contributed by atoms with van der Waals surface area (Å²) in [6.07, 6.45) is 4.65. The molecule has 0 spiro atoms. The van der Waals surface area contributed by atoms with Crippen LogP contribution in [0.4, 0.5) is 0 Å². The summed E-state index contributed by atoms with van der Waals surface area (Å²) in [5.41, 5.74) is 1.18. The first kappa shape index (κ1) is 11.3. The molecule has 16 heavy (non-hydrogen) atoms. The van der Waals surface area contributed by atoms with Crippen LogP contribution < -0.4 is 0 Å². The molecule has 1 aliphatic carbocycles. The Hall–Kier alpha value is -1.15. The molecular weight excluding hydrogens is 200 g/mol. The minimum atomic E-state index is 0.134. The Morgan fingerprint density at radius 1 is 1.19 bits per heavy atom. The monoisotopic (exact) mass is 218 g/mol. The van der Waals surface area contributed by atoms with Gasteiger partial charge in [0.05, 0.1) is 12.7 Å². The van der Waals surface area contributed by atoms with Crippen LogP contribution in [0, 0.1) is 0 Å². The van der Waals surface area contributed by atoms with Crippen LogP contribution in [0.15, 0.2) is 30.3 Å². The van der Waals surface area contributed by atoms with Crippen LogP contribution >= 0.6 is 0 Å². The largest absolute Gasteiger partial charge is 0.373 e. The molecule has 2 rings (SSSR count). The lowest BCUT2D eigenvalue weighted by Gasteiger charge is -2.14. The summed E-state index contributed by atoms with van der Waals surface area (Å²) in [6, 6.07) is 10.1. The number of carbonyl (C=O) groups excluding carboxylic acids is 1. The molecule has 2 heteroatoms. The number of ketones is 1. The number of ether oxygens (including phenoxy) is 1. The van der Waals surface area contributed by atoms with E-state index in [1.807, 2.05) is 18.2 Å². The summed E-state index contributed by atoms with van der Waals surface area (Å²) in [4.78, 5) is 11.4. The average molecular weight is 218 g/mol. The molecule has 0 radical (unpaired) electrons. The fourth-order valence-electron chi connectivity index (χ4n) is 2.08. The highest BCUT2D eigenvalue weighted by Crippen LogP contribution is 2.18. The third-order valence-electron chi connectivity index (χ3n) is 3.02. The Balaban J connectivity index is 1.83. The first-order valence-corrected chi connectivity index (χ1v) is 6.02. The van der Waals surface area contributed by atoms with Crippen LogP contribution in [0.1, 0.15) is 37.7 Å². The van der Waals surface area contributed by atoms with Gasteiger partial charge in [-0.15, -0.1) is 0 Å². The van der Waals surface area contributed by atoms with Crippen molar-refractivity contribution in [1.82, 2.24) is 0 Å². The van der Waals surface area contributed by atoms with Gasteiger partial charge in [-0.05, 0) is 18.4 Å². The van der Waals surface area contributed by atoms with Gasteiger partial charge in [-0.3, -0.25) is 4.79 Å². The predicted molar refractivity (Wildman–Crippen MR) is 63.1 cm³/mol. The SMILES string of the molecule is O=C1CCCCC(OCc2ccccc2)C1. The Bertz CT molecular complexity index is 332. The van der Waals surface area contributed by atoms with Gasteiger partial charge < -0.3 is 4.74 Å². The van der Waals surface area contributed by atoms with E-state index in [1.165, 1.54) is 5.56 Å². The number of Topliss-reactive ketones (excluding diaryl/α,β-unsaturated/α-hetero) is 1. The number of hydrogen-bond donors (Lipinski definition) is 0. The highest BCUT2D eigenvalue weighted by Gasteiger charge is 2.17. The van der Waals surface area contributed by atoms with E-state index < -0.39 is 0 Å². The standard InChI is InChI=1S/C14H18O2/c15-13-8-4-5-9-14(10-13)16-11-12-6-2-1-3-7-12/h1-3,6-7,14H,4-5,8-11H2. The molecule has 0 heterocycles. The van der Waals surface area contributed by atoms with Crippen molar-refractivity contribution in [3.05, 3.63) is 35.9 Å². The van der Waals surface area contributed by atoms with Crippen molar-refractivity contribution >= 4 is 5.78 Å². The van der Waals surface area contributed by atoms with E-state index in [9.17, 15) is 4.79 Å². The Labute approximate surface area is 96.6 Å². The summed E-state index contributed by atoms with van der Waals surface area (Å²) < 4.78 is 5.80. The lowest BCUT2D eigenvalue weighted by molar-refractivity contribution is -0.121. The highest BCUT2D eigenvalue weighted by molar-refractivity contribution is 5.79. The van der Waals surface area contributed by atoms with E-state index in [-0.39, 0.29) is 6.10 Å². The third-order valence-corrected chi connectivity index (χ3v) is 3.02. The summed E-state index contributed by atoms with van der Waals surface area (Å²) in [5, 5.41) is 0. The Morgan fingerprint density at radius 3 is 2.81 bits per heavy atom. The maximum Gasteiger partial charge on any atom is 0.135 e. The van der Waals surface area contributed by atoms with Crippen LogP contribution in [0.2, 0.25) is 0 Å². The lowest BCUT2D eigenvalue weighted by atomic mass is 10.1. The highest BCUT2D eigenvalue weighted by atomic mass is 16.5. The van der Waals surface area contributed by atoms with Crippen molar-refractivity contribution in [2.45, 2.75) is 44.8 Å². The lowest BCUT2D eigenvalue weighted by Crippen LogP contribution is -2.15. The van der Waals surface area contributed by atoms with Gasteiger partial charge in [0.1, 0.15) is 5.78 Å². The molecule has 1 aromatic carbocycles. The molecule has 1 aromatic rings. The molecule has 0 bridgehead atoms. The zero-order valence-electron chi connectivity index (χ0n) is 9.52. The molecule has 0 aliphatic heterocycles. The first-order chi connectivity index (χ1) is 7.84. The smallest absolute Gasteiger partial charge is 0.135 e. The van der Waals surface area contributed by atoms with E-state index >= 15 is 0 Å². The van der Waals surface area contributed by atoms with Crippen molar-refractivity contribution in [2.75, 3.05) is 0 Å². The maximum atomic E-state index is 11.4. The van der Waals surface area contributed by atoms with E-state index in [1.54, 1.807) is 0 Å². The first-order valence-electron chi connectivity index (χ1n) is 6.02. The van der Waals surface area contributed by atoms with Gasteiger partial charge in [0.15, 0.2) is 0 Å². The van der Waals surface area contributed by atoms with Gasteiger partial charge in [0.2, 0.25) is 0 Å². The molecule has 1 aliphatic rings. The molecule has 2 nitrogen and oxygen atoms in total. The summed E-state index contributed by atoms with van der Waals surface area (Å²) in [7, 11) is 0. The average Bonchev–Trinajstić information content (AvgIpc) is 2.52. The van der Waals surface area contributed by atoms with E-state index in [0.717, 1.165) is 25.7 Å². The van der Waals surface area contributed by atoms with Crippen molar-refractivity contribution in [3.63, 3.8) is 0 Å². The van der Waals surface area contributed by atoms with Crippen LogP contribution in [0.5, 0.6) is 0 Å². The molecule has 1 saturated carbocycles. The van der Waals surface area contributed by atoms with Crippen molar-refractivity contribution in [2.24, 2.45) is 0 Å². The second-order valence-electron chi connectivity index (χ2n) is 4.41. The van der Waals surface area contributed by atoms with E-state index in [2.05, 4.69) is 12.1 Å². The zero-order valence-corrected chi connectivity index (χ0v) is 9.52. The Kier molecular flexibility index (Phi) is 4.11. The fourth-order valence-corrected chi connectivity index (χ4v) is 2.08. The molecule has 0 saturated heterocycles. The number of rotatable bonds is 3. The predicted octanol–water partition coefficient (Wildman–Crippen LogP) is 3.11. The van der Waals surface area contributed by atoms with Gasteiger partial charge in [0.25, 0.3) is 0 Å². The van der Waals surface area contributed by atoms with Gasteiger partial charge >= 0.3 is 0 Å². The Morgan fingerprint density at radius 2 is 2.00 bits per heavy atom. The number of benzene rings is 1. The van der Waals surface area contributed by atoms with Crippen LogP contribution in [-0.4, -0.2) is 11.9 Å². The van der Waals surface area contributed by atoms with Crippen LogP contribution in [0.25, 0.3) is 0 Å². The van der Waals surface area contributed by atoms with Gasteiger partial charge in [-0.25, -0.2) is 0 Å². The van der Waals surface area contributed by atoms with Crippen molar-refractivity contribution in [1.29, 1.82) is 0 Å². The molecule has 86 valence electrons. The summed E-state index contributed by atoms with van der Waals surface area (Å²) in [6.45, 7) is 0.624. The fraction of sp³-hybridized carbons (Fsp3) is 0.500. The van der Waals surface area contributed by atoms with Crippen molar-refractivity contribution < 1.29 is 9.53 Å². The maximum absolute atomic E-state index is 11.4. The van der Waals surface area contributed by atoms with Crippen LogP contribution in [0.3, 0.4) is 0 Å². The zero-order chi connectivity index (χ0) is 11.2. The summed E-state index contributed by atoms with van der Waals surface area (Å²) in [5.74, 6) is 0.357. The molecule has 1 unspecified atom stereocenters. The van der Waals surface area contributed by atoms with Gasteiger partial charge in [-0.1, -0.05) is 36.8 Å². The van der Waals surface area contributed by atoms with E-state index in [0.29, 0.717) is 18.8 Å². The van der Waals surface area contributed by atoms with E-state index in [4.69, 9.17) is 4.74 Å². The van der Waals surface area contributed by atoms with Crippen molar-refractivity contribution in [3.8, 4) is 0 Å². The third kappa shape index (κ3) is 3.46. The number of hydrogen-bond acceptors (Lipinski definition) is 2. The normalized spacial score (nSPS) is 21.8. The molecule has 1 fully saturated rings. The minimum Gasteiger partial charge on any atom is -0.373 e. The quantitative estimate of drug-likeness (QED) is 0.729. The molecule has 1 atom stereocenters. The summed E-state index contributed by atoms with van der Waals surface area (Å²) >= 11 is 0. The molecule has 0 aromatic heterocycles. The van der Waals surface area contributed by atoms with Gasteiger partial charge in [-0.2, -0.15) is 0 Å². The number of carbonyl (C=O) groups is 1.